The maximum atomic E-state index is 13.2. The van der Waals surface area contributed by atoms with Crippen LogP contribution in [0.3, 0.4) is 0 Å². The molecule has 4 rings (SSSR count). The molecule has 3 fully saturated rings. The fourth-order valence-electron chi connectivity index (χ4n) is 5.12. The molecule has 0 aromatic heterocycles. The highest BCUT2D eigenvalue weighted by molar-refractivity contribution is 7.88. The molecule has 9 nitrogen and oxygen atoms in total. The second kappa shape index (κ2) is 8.38. The molecule has 32 heavy (non-hydrogen) atoms. The van der Waals surface area contributed by atoms with E-state index in [1.807, 2.05) is 44.2 Å². The number of benzene rings is 1. The van der Waals surface area contributed by atoms with Crippen LogP contribution in [0.5, 0.6) is 0 Å². The predicted octanol–water partition coefficient (Wildman–Crippen LogP) is 1.30. The number of nitrogens with zero attached hydrogens (tertiary/aromatic N) is 3. The van der Waals surface area contributed by atoms with Crippen LogP contribution in [-0.2, 0) is 31.0 Å². The first-order valence-electron chi connectivity index (χ1n) is 10.9. The van der Waals surface area contributed by atoms with E-state index in [9.17, 15) is 22.8 Å². The molecule has 174 valence electrons. The minimum atomic E-state index is -3.71. The van der Waals surface area contributed by atoms with Gasteiger partial charge < -0.3 is 14.5 Å². The van der Waals surface area contributed by atoms with Crippen molar-refractivity contribution in [2.45, 2.75) is 39.0 Å². The number of sulfonamides is 1. The van der Waals surface area contributed by atoms with Gasteiger partial charge in [-0.1, -0.05) is 44.2 Å². The molecule has 1 aromatic rings. The van der Waals surface area contributed by atoms with Crippen molar-refractivity contribution < 1.29 is 27.5 Å². The van der Waals surface area contributed by atoms with Gasteiger partial charge >= 0.3 is 6.09 Å². The average Bonchev–Trinajstić information content (AvgIpc) is 3.21. The van der Waals surface area contributed by atoms with E-state index in [1.165, 1.54) is 4.90 Å². The van der Waals surface area contributed by atoms with Crippen molar-refractivity contribution in [3.05, 3.63) is 35.9 Å². The number of hydrogen-bond acceptors (Lipinski definition) is 6. The lowest BCUT2D eigenvalue weighted by Crippen LogP contribution is -2.58. The average molecular weight is 464 g/mol. The summed E-state index contributed by atoms with van der Waals surface area (Å²) in [7, 11) is -3.71. The van der Waals surface area contributed by atoms with Gasteiger partial charge in [0, 0.05) is 19.6 Å². The smallest absolute Gasteiger partial charge is 0.410 e. The quantitative estimate of drug-likeness (QED) is 0.652. The lowest BCUT2D eigenvalue weighted by molar-refractivity contribution is -0.142. The highest BCUT2D eigenvalue weighted by atomic mass is 32.2. The topological polar surface area (TPSA) is 104 Å². The number of likely N-dealkylation sites (tertiary alicyclic amines) is 2. The first-order chi connectivity index (χ1) is 15.1. The Morgan fingerprint density at radius 2 is 1.81 bits per heavy atom. The Labute approximate surface area is 188 Å². The second-order valence-electron chi connectivity index (χ2n) is 9.19. The van der Waals surface area contributed by atoms with Crippen LogP contribution in [0.1, 0.15) is 25.8 Å². The first-order valence-corrected chi connectivity index (χ1v) is 12.7. The van der Waals surface area contributed by atoms with E-state index in [0.29, 0.717) is 13.0 Å². The molecule has 0 aliphatic carbocycles. The Balaban J connectivity index is 1.38. The lowest BCUT2D eigenvalue weighted by atomic mass is 9.87. The van der Waals surface area contributed by atoms with Crippen molar-refractivity contribution in [1.82, 2.24) is 14.1 Å². The van der Waals surface area contributed by atoms with Crippen molar-refractivity contribution in [2.75, 3.05) is 25.9 Å². The molecule has 0 N–H and O–H groups in total. The van der Waals surface area contributed by atoms with Crippen LogP contribution in [0.15, 0.2) is 30.3 Å². The van der Waals surface area contributed by atoms with Crippen LogP contribution in [0, 0.1) is 17.8 Å². The predicted molar refractivity (Wildman–Crippen MR) is 116 cm³/mol. The number of carbonyl (C=O) groups excluding carboxylic acids is 3. The van der Waals surface area contributed by atoms with Crippen LogP contribution in [-0.4, -0.2) is 78.4 Å². The summed E-state index contributed by atoms with van der Waals surface area (Å²) < 4.78 is 30.8. The summed E-state index contributed by atoms with van der Waals surface area (Å²) in [6.45, 7) is 4.85. The Morgan fingerprint density at radius 3 is 2.41 bits per heavy atom. The van der Waals surface area contributed by atoms with Crippen molar-refractivity contribution in [1.29, 1.82) is 0 Å². The van der Waals surface area contributed by atoms with Crippen molar-refractivity contribution >= 4 is 27.9 Å². The van der Waals surface area contributed by atoms with E-state index < -0.39 is 40.0 Å². The van der Waals surface area contributed by atoms with Gasteiger partial charge in [-0.2, -0.15) is 0 Å². The number of amides is 3. The van der Waals surface area contributed by atoms with Crippen LogP contribution in [0.2, 0.25) is 0 Å². The summed E-state index contributed by atoms with van der Waals surface area (Å²) in [6.07, 6.45) is 1.02. The first kappa shape index (κ1) is 22.6. The van der Waals surface area contributed by atoms with Crippen LogP contribution >= 0.6 is 0 Å². The Bertz CT molecular complexity index is 1010. The number of ether oxygens (including phenoxy) is 1. The molecule has 1 aromatic carbocycles. The molecular formula is C22H29N3O6S. The van der Waals surface area contributed by atoms with E-state index in [0.717, 1.165) is 16.1 Å². The molecule has 3 saturated heterocycles. The molecule has 3 heterocycles. The highest BCUT2D eigenvalue weighted by Gasteiger charge is 2.59. The second-order valence-corrected chi connectivity index (χ2v) is 11.0. The van der Waals surface area contributed by atoms with Crippen molar-refractivity contribution in [2.24, 2.45) is 17.8 Å². The fourth-order valence-corrected chi connectivity index (χ4v) is 6.29. The zero-order chi connectivity index (χ0) is 23.2. The zero-order valence-electron chi connectivity index (χ0n) is 18.5. The maximum absolute atomic E-state index is 13.2. The van der Waals surface area contributed by atoms with Gasteiger partial charge in [-0.3, -0.25) is 9.59 Å². The molecule has 10 heteroatoms. The Hall–Kier alpha value is -2.62. The Kier molecular flexibility index (Phi) is 5.91. The third kappa shape index (κ3) is 3.96. The standard InChI is InChI=1S/C22H29N3O6S/c1-14(2)18-19-17(25(21(18)27)32(3,29)30)9-10-24(19)20(26)16-11-23(12-16)22(28)31-13-15-7-5-4-6-8-15/h4-8,14,16-19H,9-13H2,1-3H3. The van der Waals surface area contributed by atoms with Gasteiger partial charge in [0.05, 0.1) is 30.2 Å². The zero-order valence-corrected chi connectivity index (χ0v) is 19.3. The minimum absolute atomic E-state index is 0.0963. The van der Waals surface area contributed by atoms with Gasteiger partial charge in [-0.15, -0.1) is 0 Å². The number of carbonyl (C=O) groups is 3. The number of fused-ring (bicyclic) bond motifs is 1. The molecule has 3 aliphatic heterocycles. The van der Waals surface area contributed by atoms with Gasteiger partial charge in [0.25, 0.3) is 0 Å². The molecule has 0 saturated carbocycles. The summed E-state index contributed by atoms with van der Waals surface area (Å²) in [4.78, 5) is 41.5. The summed E-state index contributed by atoms with van der Waals surface area (Å²) in [5, 5.41) is 0. The van der Waals surface area contributed by atoms with Gasteiger partial charge in [0.1, 0.15) is 6.61 Å². The molecule has 3 unspecified atom stereocenters. The van der Waals surface area contributed by atoms with E-state index in [2.05, 4.69) is 0 Å². The van der Waals surface area contributed by atoms with Gasteiger partial charge in [0.15, 0.2) is 0 Å². The molecule has 0 radical (unpaired) electrons. The van der Waals surface area contributed by atoms with Crippen LogP contribution in [0.4, 0.5) is 4.79 Å². The van der Waals surface area contributed by atoms with E-state index in [1.54, 1.807) is 4.90 Å². The molecule has 3 aliphatic rings. The number of rotatable bonds is 5. The van der Waals surface area contributed by atoms with Gasteiger partial charge in [0.2, 0.25) is 21.8 Å². The van der Waals surface area contributed by atoms with Crippen LogP contribution < -0.4 is 0 Å². The maximum Gasteiger partial charge on any atom is 0.410 e. The van der Waals surface area contributed by atoms with E-state index in [-0.39, 0.29) is 37.4 Å². The Morgan fingerprint density at radius 1 is 1.16 bits per heavy atom. The third-order valence-corrected chi connectivity index (χ3v) is 7.81. The summed E-state index contributed by atoms with van der Waals surface area (Å²) in [5.41, 5.74) is 0.887. The largest absolute Gasteiger partial charge is 0.445 e. The van der Waals surface area contributed by atoms with E-state index >= 15 is 0 Å². The highest BCUT2D eigenvalue weighted by Crippen LogP contribution is 2.42. The van der Waals surface area contributed by atoms with Crippen LogP contribution in [0.25, 0.3) is 0 Å². The summed E-state index contributed by atoms with van der Waals surface area (Å²) in [6, 6.07) is 8.39. The molecular weight excluding hydrogens is 434 g/mol. The molecule has 3 amide bonds. The minimum Gasteiger partial charge on any atom is -0.445 e. The summed E-state index contributed by atoms with van der Waals surface area (Å²) >= 11 is 0. The van der Waals surface area contributed by atoms with Gasteiger partial charge in [-0.05, 0) is 17.9 Å². The number of hydrogen-bond donors (Lipinski definition) is 0. The molecule has 0 spiro atoms. The molecule has 0 bridgehead atoms. The molecule has 3 atom stereocenters. The van der Waals surface area contributed by atoms with Gasteiger partial charge in [-0.25, -0.2) is 17.5 Å². The SMILES string of the molecule is CC(C)C1C(=O)N(S(C)(=O)=O)C2CCN(C(=O)C3CN(C(=O)OCc4ccccc4)C3)C12. The van der Waals surface area contributed by atoms with Crippen molar-refractivity contribution in [3.63, 3.8) is 0 Å². The monoisotopic (exact) mass is 463 g/mol. The summed E-state index contributed by atoms with van der Waals surface area (Å²) in [5.74, 6) is -1.56. The normalized spacial score (nSPS) is 25.8. The third-order valence-electron chi connectivity index (χ3n) is 6.64. The fraction of sp³-hybridized carbons (Fsp3) is 0.591. The van der Waals surface area contributed by atoms with E-state index in [4.69, 9.17) is 4.74 Å². The lowest BCUT2D eigenvalue weighted by Gasteiger charge is -2.40. The van der Waals surface area contributed by atoms with Crippen molar-refractivity contribution in [3.8, 4) is 0 Å².